The smallest absolute Gasteiger partial charge is 0.325 e. The number of nitrogens with one attached hydrogen (secondary N) is 2. The first-order valence-corrected chi connectivity index (χ1v) is 9.66. The van der Waals surface area contributed by atoms with Gasteiger partial charge in [0.1, 0.15) is 18.2 Å². The van der Waals surface area contributed by atoms with Crippen molar-refractivity contribution in [1.82, 2.24) is 15.6 Å². The van der Waals surface area contributed by atoms with Gasteiger partial charge in [-0.25, -0.2) is 9.78 Å². The number of benzene rings is 1. The minimum Gasteiger partial charge on any atom is -0.458 e. The number of nitrogens with zero attached hydrogens (tertiary/aromatic N) is 1. The largest absolute Gasteiger partial charge is 0.458 e. The molecule has 2 heterocycles. The Labute approximate surface area is 158 Å². The van der Waals surface area contributed by atoms with E-state index in [2.05, 4.69) is 15.6 Å². The van der Waals surface area contributed by atoms with Gasteiger partial charge in [0.2, 0.25) is 0 Å². The van der Waals surface area contributed by atoms with Crippen molar-refractivity contribution < 1.29 is 14.3 Å². The molecule has 0 fully saturated rings. The normalized spacial score (nSPS) is 10.3. The van der Waals surface area contributed by atoms with E-state index in [4.69, 9.17) is 4.74 Å². The van der Waals surface area contributed by atoms with Crippen LogP contribution in [-0.2, 0) is 22.7 Å². The molecule has 0 aliphatic rings. The number of rotatable bonds is 7. The highest BCUT2D eigenvalue weighted by Gasteiger charge is 2.09. The highest BCUT2D eigenvalue weighted by molar-refractivity contribution is 7.20. The zero-order valence-corrected chi connectivity index (χ0v) is 15.4. The van der Waals surface area contributed by atoms with Gasteiger partial charge >= 0.3 is 12.0 Å². The zero-order chi connectivity index (χ0) is 18.2. The Kier molecular flexibility index (Phi) is 6.34. The monoisotopic (exact) mass is 387 g/mol. The first kappa shape index (κ1) is 18.1. The third-order valence-electron chi connectivity index (χ3n) is 3.35. The lowest BCUT2D eigenvalue weighted by molar-refractivity contribution is -0.143. The van der Waals surface area contributed by atoms with E-state index in [-0.39, 0.29) is 13.2 Å². The van der Waals surface area contributed by atoms with E-state index in [0.29, 0.717) is 12.2 Å². The van der Waals surface area contributed by atoms with Crippen molar-refractivity contribution in [2.45, 2.75) is 13.2 Å². The Balaban J connectivity index is 1.36. The van der Waals surface area contributed by atoms with Gasteiger partial charge in [-0.1, -0.05) is 36.4 Å². The molecular formula is C18H17N3O3S2. The summed E-state index contributed by atoms with van der Waals surface area (Å²) in [6.45, 7) is 0.294. The van der Waals surface area contributed by atoms with Crippen molar-refractivity contribution in [2.24, 2.45) is 0 Å². The lowest BCUT2D eigenvalue weighted by Crippen LogP contribution is -2.38. The maximum absolute atomic E-state index is 11.7. The first-order valence-electron chi connectivity index (χ1n) is 7.90. The van der Waals surface area contributed by atoms with Crippen LogP contribution in [0.3, 0.4) is 0 Å². The summed E-state index contributed by atoms with van der Waals surface area (Å²) in [5.74, 6) is -0.509. The molecule has 0 spiro atoms. The van der Waals surface area contributed by atoms with Gasteiger partial charge in [0, 0.05) is 11.9 Å². The third-order valence-corrected chi connectivity index (χ3v) is 5.28. The SMILES string of the molecule is O=C(NCC(=O)OCc1csc(-c2cccs2)n1)NCc1ccccc1. The standard InChI is InChI=1S/C18H17N3O3S2/c22-16(10-20-18(23)19-9-13-5-2-1-3-6-13)24-11-14-12-26-17(21-14)15-7-4-8-25-15/h1-8,12H,9-11H2,(H2,19,20,23). The Morgan fingerprint density at radius 1 is 1.04 bits per heavy atom. The fourth-order valence-electron chi connectivity index (χ4n) is 2.09. The molecule has 0 saturated carbocycles. The lowest BCUT2D eigenvalue weighted by Gasteiger charge is -2.07. The van der Waals surface area contributed by atoms with Gasteiger partial charge in [0.15, 0.2) is 0 Å². The molecule has 134 valence electrons. The Morgan fingerprint density at radius 3 is 2.65 bits per heavy atom. The van der Waals surface area contributed by atoms with Crippen LogP contribution in [0.25, 0.3) is 9.88 Å². The third kappa shape index (κ3) is 5.40. The van der Waals surface area contributed by atoms with Gasteiger partial charge < -0.3 is 15.4 Å². The molecule has 0 unspecified atom stereocenters. The second kappa shape index (κ2) is 9.12. The molecule has 2 amide bonds. The number of hydrogen-bond acceptors (Lipinski definition) is 6. The van der Waals surface area contributed by atoms with Crippen LogP contribution in [-0.4, -0.2) is 23.5 Å². The lowest BCUT2D eigenvalue weighted by atomic mass is 10.2. The summed E-state index contributed by atoms with van der Waals surface area (Å²) in [5.41, 5.74) is 1.68. The number of carbonyl (C=O) groups is 2. The van der Waals surface area contributed by atoms with Crippen LogP contribution in [0.4, 0.5) is 4.79 Å². The van der Waals surface area contributed by atoms with Gasteiger partial charge in [0.25, 0.3) is 0 Å². The van der Waals surface area contributed by atoms with E-state index in [9.17, 15) is 9.59 Å². The fourth-order valence-corrected chi connectivity index (χ4v) is 3.70. The first-order chi connectivity index (χ1) is 12.7. The molecule has 8 heteroatoms. The number of ether oxygens (including phenoxy) is 1. The number of urea groups is 1. The predicted octanol–water partition coefficient (Wildman–Crippen LogP) is 3.41. The molecule has 6 nitrogen and oxygen atoms in total. The van der Waals surface area contributed by atoms with E-state index >= 15 is 0 Å². The molecule has 1 aromatic carbocycles. The molecule has 0 saturated heterocycles. The summed E-state index contributed by atoms with van der Waals surface area (Å²) in [6.07, 6.45) is 0. The highest BCUT2D eigenvalue weighted by atomic mass is 32.1. The zero-order valence-electron chi connectivity index (χ0n) is 13.8. The van der Waals surface area contributed by atoms with Crippen LogP contribution in [0, 0.1) is 0 Å². The van der Waals surface area contributed by atoms with Crippen molar-refractivity contribution in [3.63, 3.8) is 0 Å². The summed E-state index contributed by atoms with van der Waals surface area (Å²) in [5, 5.41) is 9.92. The highest BCUT2D eigenvalue weighted by Crippen LogP contribution is 2.27. The molecule has 0 atom stereocenters. The van der Waals surface area contributed by atoms with E-state index < -0.39 is 12.0 Å². The van der Waals surface area contributed by atoms with Crippen LogP contribution < -0.4 is 10.6 Å². The van der Waals surface area contributed by atoms with Crippen molar-refractivity contribution in [3.05, 3.63) is 64.5 Å². The van der Waals surface area contributed by atoms with Crippen molar-refractivity contribution in [2.75, 3.05) is 6.54 Å². The van der Waals surface area contributed by atoms with E-state index in [1.807, 2.05) is 53.2 Å². The van der Waals surface area contributed by atoms with Crippen molar-refractivity contribution in [1.29, 1.82) is 0 Å². The van der Waals surface area contributed by atoms with Gasteiger partial charge in [-0.15, -0.1) is 22.7 Å². The number of thiazole rings is 1. The Hall–Kier alpha value is -2.71. The molecule has 2 N–H and O–H groups in total. The van der Waals surface area contributed by atoms with Crippen molar-refractivity contribution in [3.8, 4) is 9.88 Å². The quantitative estimate of drug-likeness (QED) is 0.609. The number of amides is 2. The molecule has 0 aliphatic heterocycles. The molecule has 0 aliphatic carbocycles. The van der Waals surface area contributed by atoms with Crippen LogP contribution in [0.1, 0.15) is 11.3 Å². The second-order valence-electron chi connectivity index (χ2n) is 5.30. The number of thiophene rings is 1. The molecule has 0 radical (unpaired) electrons. The summed E-state index contributed by atoms with van der Waals surface area (Å²) in [7, 11) is 0. The van der Waals surface area contributed by atoms with Crippen LogP contribution in [0.5, 0.6) is 0 Å². The van der Waals surface area contributed by atoms with E-state index in [1.54, 1.807) is 11.3 Å². The predicted molar refractivity (Wildman–Crippen MR) is 102 cm³/mol. The summed E-state index contributed by atoms with van der Waals surface area (Å²) < 4.78 is 5.14. The maximum atomic E-state index is 11.7. The summed E-state index contributed by atoms with van der Waals surface area (Å²) in [6, 6.07) is 13.1. The Morgan fingerprint density at radius 2 is 1.88 bits per heavy atom. The molecular weight excluding hydrogens is 370 g/mol. The molecule has 3 aromatic rings. The fraction of sp³-hybridized carbons (Fsp3) is 0.167. The van der Waals surface area contributed by atoms with Gasteiger partial charge in [-0.2, -0.15) is 0 Å². The number of carbonyl (C=O) groups excluding carboxylic acids is 2. The molecule has 3 rings (SSSR count). The molecule has 26 heavy (non-hydrogen) atoms. The number of aromatic nitrogens is 1. The molecule has 2 aromatic heterocycles. The van der Waals surface area contributed by atoms with Crippen LogP contribution >= 0.6 is 22.7 Å². The van der Waals surface area contributed by atoms with Crippen LogP contribution in [0.15, 0.2) is 53.2 Å². The van der Waals surface area contributed by atoms with Crippen LogP contribution in [0.2, 0.25) is 0 Å². The maximum Gasteiger partial charge on any atom is 0.325 e. The average Bonchev–Trinajstić information content (AvgIpc) is 3.35. The topological polar surface area (TPSA) is 80.3 Å². The van der Waals surface area contributed by atoms with Crippen molar-refractivity contribution >= 4 is 34.7 Å². The minimum atomic E-state index is -0.509. The average molecular weight is 387 g/mol. The van der Waals surface area contributed by atoms with E-state index in [1.165, 1.54) is 11.3 Å². The Bertz CT molecular complexity index is 848. The second-order valence-corrected chi connectivity index (χ2v) is 7.11. The number of hydrogen-bond donors (Lipinski definition) is 2. The minimum absolute atomic E-state index is 0.0913. The summed E-state index contributed by atoms with van der Waals surface area (Å²) >= 11 is 3.12. The number of esters is 1. The van der Waals surface area contributed by atoms with Gasteiger partial charge in [0.05, 0.1) is 10.6 Å². The molecule has 0 bridgehead atoms. The van der Waals surface area contributed by atoms with Gasteiger partial charge in [-0.05, 0) is 17.0 Å². The van der Waals surface area contributed by atoms with Gasteiger partial charge in [-0.3, -0.25) is 4.79 Å². The summed E-state index contributed by atoms with van der Waals surface area (Å²) in [4.78, 5) is 29.0. The van der Waals surface area contributed by atoms with E-state index in [0.717, 1.165) is 15.4 Å².